The van der Waals surface area contributed by atoms with Gasteiger partial charge in [-0.1, -0.05) is 12.1 Å². The number of H-pyrrole nitrogens is 1. The van der Waals surface area contributed by atoms with Gasteiger partial charge in [0.25, 0.3) is 0 Å². The number of carbonyl (C=O) groups is 1. The Morgan fingerprint density at radius 1 is 1.44 bits per heavy atom. The predicted molar refractivity (Wildman–Crippen MR) is 60.2 cm³/mol. The molecule has 84 valence electrons. The highest BCUT2D eigenvalue weighted by molar-refractivity contribution is 5.81. The van der Waals surface area contributed by atoms with Crippen LogP contribution in [0, 0.1) is 6.92 Å². The number of hydrogen-bond donors (Lipinski definition) is 3. The molecule has 0 amide bonds. The van der Waals surface area contributed by atoms with Crippen LogP contribution in [-0.2, 0) is 4.79 Å². The predicted octanol–water partition coefficient (Wildman–Crippen LogP) is 1.98. The van der Waals surface area contributed by atoms with Gasteiger partial charge in [-0.2, -0.15) is 0 Å². The zero-order valence-electron chi connectivity index (χ0n) is 8.90. The van der Waals surface area contributed by atoms with Crippen LogP contribution in [0.5, 0.6) is 0 Å². The van der Waals surface area contributed by atoms with Gasteiger partial charge in [-0.3, -0.25) is 4.79 Å². The Morgan fingerprint density at radius 2 is 2.19 bits per heavy atom. The van der Waals surface area contributed by atoms with E-state index in [0.29, 0.717) is 5.69 Å². The van der Waals surface area contributed by atoms with Crippen LogP contribution in [0.25, 0.3) is 10.9 Å². The molecule has 16 heavy (non-hydrogen) atoms. The van der Waals surface area contributed by atoms with E-state index >= 15 is 0 Å². The third kappa shape index (κ3) is 2.06. The maximum Gasteiger partial charge on any atom is 0.306 e. The van der Waals surface area contributed by atoms with E-state index in [1.807, 2.05) is 25.1 Å². The summed E-state index contributed by atoms with van der Waals surface area (Å²) in [6.07, 6.45) is -1.27. The Balaban J connectivity index is 2.35. The summed E-state index contributed by atoms with van der Waals surface area (Å²) < 4.78 is 0. The first-order valence-corrected chi connectivity index (χ1v) is 5.05. The number of carboxylic acids is 1. The monoisotopic (exact) mass is 219 g/mol. The minimum Gasteiger partial charge on any atom is -0.481 e. The van der Waals surface area contributed by atoms with Crippen LogP contribution in [0.15, 0.2) is 24.3 Å². The van der Waals surface area contributed by atoms with Crippen LogP contribution in [-0.4, -0.2) is 21.2 Å². The molecule has 1 aromatic heterocycles. The standard InChI is InChI=1S/C12H13NO3/c1-7-2-3-8-5-10(13-9(8)4-7)11(14)6-12(15)16/h2-5,11,13-14H,6H2,1H3,(H,15,16). The van der Waals surface area contributed by atoms with Crippen molar-refractivity contribution in [2.45, 2.75) is 19.4 Å². The Kier molecular flexibility index (Phi) is 2.66. The molecule has 2 rings (SSSR count). The van der Waals surface area contributed by atoms with Gasteiger partial charge in [-0.25, -0.2) is 0 Å². The highest BCUT2D eigenvalue weighted by atomic mass is 16.4. The number of aliphatic hydroxyl groups excluding tert-OH is 1. The van der Waals surface area contributed by atoms with Crippen molar-refractivity contribution in [1.82, 2.24) is 4.98 Å². The third-order valence-electron chi connectivity index (χ3n) is 2.53. The first-order valence-electron chi connectivity index (χ1n) is 5.05. The number of fused-ring (bicyclic) bond motifs is 1. The number of hydrogen-bond acceptors (Lipinski definition) is 2. The highest BCUT2D eigenvalue weighted by Crippen LogP contribution is 2.22. The van der Waals surface area contributed by atoms with Crippen LogP contribution in [0.2, 0.25) is 0 Å². The van der Waals surface area contributed by atoms with E-state index in [1.165, 1.54) is 0 Å². The molecule has 0 fully saturated rings. The minimum absolute atomic E-state index is 0.286. The second-order valence-electron chi connectivity index (χ2n) is 3.93. The summed E-state index contributed by atoms with van der Waals surface area (Å²) in [7, 11) is 0. The van der Waals surface area contributed by atoms with Crippen molar-refractivity contribution >= 4 is 16.9 Å². The second kappa shape index (κ2) is 3.98. The Labute approximate surface area is 92.5 Å². The third-order valence-corrected chi connectivity index (χ3v) is 2.53. The van der Waals surface area contributed by atoms with Crippen LogP contribution in [0.4, 0.5) is 0 Å². The van der Waals surface area contributed by atoms with Crippen molar-refractivity contribution in [1.29, 1.82) is 0 Å². The Morgan fingerprint density at radius 3 is 2.88 bits per heavy atom. The number of rotatable bonds is 3. The number of aliphatic hydroxyl groups is 1. The largest absolute Gasteiger partial charge is 0.481 e. The summed E-state index contributed by atoms with van der Waals surface area (Å²) in [5.41, 5.74) is 2.58. The smallest absolute Gasteiger partial charge is 0.306 e. The molecule has 0 aliphatic heterocycles. The van der Waals surface area contributed by atoms with Gasteiger partial charge in [-0.05, 0) is 30.0 Å². The molecule has 2 aromatic rings. The molecule has 0 bridgehead atoms. The maximum atomic E-state index is 10.5. The van der Waals surface area contributed by atoms with Crippen LogP contribution < -0.4 is 0 Å². The zero-order valence-corrected chi connectivity index (χ0v) is 8.90. The van der Waals surface area contributed by atoms with E-state index in [1.54, 1.807) is 6.07 Å². The number of aromatic amines is 1. The fourth-order valence-electron chi connectivity index (χ4n) is 1.72. The second-order valence-corrected chi connectivity index (χ2v) is 3.93. The van der Waals surface area contributed by atoms with Crippen LogP contribution >= 0.6 is 0 Å². The van der Waals surface area contributed by atoms with E-state index in [4.69, 9.17) is 5.11 Å². The van der Waals surface area contributed by atoms with Crippen LogP contribution in [0.3, 0.4) is 0 Å². The SMILES string of the molecule is Cc1ccc2cc(C(O)CC(=O)O)[nH]c2c1. The van der Waals surface area contributed by atoms with Crippen molar-refractivity contribution in [2.75, 3.05) is 0 Å². The number of aliphatic carboxylic acids is 1. The van der Waals surface area contributed by atoms with Gasteiger partial charge in [0.2, 0.25) is 0 Å². The molecule has 1 atom stereocenters. The molecule has 4 heteroatoms. The molecule has 0 spiro atoms. The van der Waals surface area contributed by atoms with E-state index < -0.39 is 12.1 Å². The van der Waals surface area contributed by atoms with Gasteiger partial charge in [-0.15, -0.1) is 0 Å². The lowest BCUT2D eigenvalue weighted by molar-refractivity contribution is -0.139. The number of aromatic nitrogens is 1. The number of carboxylic acid groups (broad SMARTS) is 1. The molecule has 0 saturated carbocycles. The first-order chi connectivity index (χ1) is 7.56. The fourth-order valence-corrected chi connectivity index (χ4v) is 1.72. The molecule has 1 aromatic carbocycles. The molecule has 0 radical (unpaired) electrons. The lowest BCUT2D eigenvalue weighted by Crippen LogP contribution is -2.05. The van der Waals surface area contributed by atoms with E-state index in [0.717, 1.165) is 16.5 Å². The van der Waals surface area contributed by atoms with E-state index in [2.05, 4.69) is 4.98 Å². The Hall–Kier alpha value is -1.81. The van der Waals surface area contributed by atoms with Crippen LogP contribution in [0.1, 0.15) is 23.8 Å². The summed E-state index contributed by atoms with van der Waals surface area (Å²) in [6.45, 7) is 1.98. The molecular weight excluding hydrogens is 206 g/mol. The average molecular weight is 219 g/mol. The summed E-state index contributed by atoms with van der Waals surface area (Å²) in [5, 5.41) is 19.2. The normalized spacial score (nSPS) is 12.9. The van der Waals surface area contributed by atoms with Crippen molar-refractivity contribution in [3.8, 4) is 0 Å². The van der Waals surface area contributed by atoms with Crippen molar-refractivity contribution < 1.29 is 15.0 Å². The first kappa shape index (κ1) is 10.7. The summed E-state index contributed by atoms with van der Waals surface area (Å²) in [5.74, 6) is -1.01. The Bertz CT molecular complexity index is 530. The molecule has 1 heterocycles. The van der Waals surface area contributed by atoms with Gasteiger partial charge >= 0.3 is 5.97 Å². The molecule has 3 N–H and O–H groups in total. The van der Waals surface area contributed by atoms with E-state index in [9.17, 15) is 9.90 Å². The number of nitrogens with one attached hydrogen (secondary N) is 1. The highest BCUT2D eigenvalue weighted by Gasteiger charge is 2.14. The van der Waals surface area contributed by atoms with Crippen molar-refractivity contribution in [2.24, 2.45) is 0 Å². The molecule has 0 aliphatic rings. The lowest BCUT2D eigenvalue weighted by atomic mass is 10.1. The number of aryl methyl sites for hydroxylation is 1. The number of benzene rings is 1. The summed E-state index contributed by atoms with van der Waals surface area (Å²) >= 11 is 0. The van der Waals surface area contributed by atoms with Gasteiger partial charge in [0.05, 0.1) is 6.42 Å². The zero-order chi connectivity index (χ0) is 11.7. The molecule has 4 nitrogen and oxygen atoms in total. The maximum absolute atomic E-state index is 10.5. The van der Waals surface area contributed by atoms with Crippen molar-refractivity contribution in [3.63, 3.8) is 0 Å². The lowest BCUT2D eigenvalue weighted by Gasteiger charge is -2.03. The van der Waals surface area contributed by atoms with Gasteiger partial charge in [0.1, 0.15) is 6.10 Å². The summed E-state index contributed by atoms with van der Waals surface area (Å²) in [6, 6.07) is 7.66. The molecule has 0 saturated heterocycles. The molecule has 1 unspecified atom stereocenters. The average Bonchev–Trinajstić information content (AvgIpc) is 2.59. The van der Waals surface area contributed by atoms with Gasteiger partial charge in [0.15, 0.2) is 0 Å². The summed E-state index contributed by atoms with van der Waals surface area (Å²) in [4.78, 5) is 13.5. The van der Waals surface area contributed by atoms with E-state index in [-0.39, 0.29) is 6.42 Å². The van der Waals surface area contributed by atoms with Gasteiger partial charge < -0.3 is 15.2 Å². The fraction of sp³-hybridized carbons (Fsp3) is 0.250. The molecular formula is C12H13NO3. The topological polar surface area (TPSA) is 73.3 Å². The molecule has 0 aliphatic carbocycles. The minimum atomic E-state index is -1.01. The van der Waals surface area contributed by atoms with Gasteiger partial charge in [0, 0.05) is 11.2 Å². The quantitative estimate of drug-likeness (QED) is 0.739. The van der Waals surface area contributed by atoms with Crippen molar-refractivity contribution in [3.05, 3.63) is 35.5 Å².